The number of nitrogens with one attached hydrogen (secondary N) is 1. The first-order valence-electron chi connectivity index (χ1n) is 9.55. The molecule has 0 fully saturated rings. The van der Waals surface area contributed by atoms with Gasteiger partial charge in [0.05, 0.1) is 0 Å². The summed E-state index contributed by atoms with van der Waals surface area (Å²) in [4.78, 5) is 31.8. The first-order valence-corrected chi connectivity index (χ1v) is 9.55. The van der Waals surface area contributed by atoms with Crippen LogP contribution in [0.15, 0.2) is 59.4 Å². The minimum atomic E-state index is -0.260. The molecule has 0 bridgehead atoms. The Morgan fingerprint density at radius 2 is 1.69 bits per heavy atom. The maximum Gasteiger partial charge on any atom is 0.255 e. The van der Waals surface area contributed by atoms with E-state index in [1.165, 1.54) is 10.6 Å². The summed E-state index contributed by atoms with van der Waals surface area (Å²) < 4.78 is 1.42. The number of aromatic nitrogens is 2. The number of hydrogen-bond acceptors (Lipinski definition) is 4. The Labute approximate surface area is 170 Å². The van der Waals surface area contributed by atoms with Crippen molar-refractivity contribution in [3.63, 3.8) is 0 Å². The molecule has 1 aromatic heterocycles. The molecule has 0 aliphatic carbocycles. The second-order valence-corrected chi connectivity index (χ2v) is 7.28. The van der Waals surface area contributed by atoms with E-state index < -0.39 is 0 Å². The molecule has 29 heavy (non-hydrogen) atoms. The molecule has 150 valence electrons. The van der Waals surface area contributed by atoms with Gasteiger partial charge < -0.3 is 10.2 Å². The highest BCUT2D eigenvalue weighted by molar-refractivity contribution is 5.92. The van der Waals surface area contributed by atoms with Crippen molar-refractivity contribution in [3.8, 4) is 0 Å². The zero-order valence-electron chi connectivity index (χ0n) is 17.3. The van der Waals surface area contributed by atoms with Crippen LogP contribution in [0.25, 0.3) is 0 Å². The van der Waals surface area contributed by atoms with Crippen LogP contribution in [-0.2, 0) is 17.9 Å². The molecule has 3 aromatic rings. The number of para-hydroxylation sites is 1. The summed E-state index contributed by atoms with van der Waals surface area (Å²) in [6.45, 7) is 6.15. The van der Waals surface area contributed by atoms with E-state index in [4.69, 9.17) is 0 Å². The summed E-state index contributed by atoms with van der Waals surface area (Å²) in [5, 5.41) is 2.94. The van der Waals surface area contributed by atoms with Gasteiger partial charge in [-0.3, -0.25) is 14.2 Å². The quantitative estimate of drug-likeness (QED) is 0.700. The van der Waals surface area contributed by atoms with Crippen molar-refractivity contribution in [1.82, 2.24) is 9.55 Å². The predicted molar refractivity (Wildman–Crippen MR) is 116 cm³/mol. The topological polar surface area (TPSA) is 67.2 Å². The smallest absolute Gasteiger partial charge is 0.255 e. The van der Waals surface area contributed by atoms with E-state index in [1.54, 1.807) is 6.92 Å². The first-order chi connectivity index (χ1) is 13.8. The molecular weight excluding hydrogens is 364 g/mol. The Kier molecular flexibility index (Phi) is 6.12. The minimum absolute atomic E-state index is 0.103. The van der Waals surface area contributed by atoms with Gasteiger partial charge >= 0.3 is 0 Å². The molecule has 0 aliphatic rings. The normalized spacial score (nSPS) is 10.6. The molecule has 6 heteroatoms. The van der Waals surface area contributed by atoms with Gasteiger partial charge in [0, 0.05) is 31.0 Å². The fraction of sp³-hybridized carbons (Fsp3) is 0.261. The van der Waals surface area contributed by atoms with Gasteiger partial charge in [0.15, 0.2) is 0 Å². The number of amides is 1. The Balaban J connectivity index is 1.87. The third kappa shape index (κ3) is 4.90. The number of rotatable bonds is 6. The molecule has 0 saturated heterocycles. The zero-order valence-corrected chi connectivity index (χ0v) is 17.3. The van der Waals surface area contributed by atoms with Crippen molar-refractivity contribution in [3.05, 3.63) is 87.3 Å². The van der Waals surface area contributed by atoms with Crippen molar-refractivity contribution in [1.29, 1.82) is 0 Å². The SMILES string of the molecule is Cc1cc(=O)n(CC(=O)Nc2c(C)cccc2C)c(N(C)Cc2ccccc2)n1. The van der Waals surface area contributed by atoms with Crippen LogP contribution in [0.4, 0.5) is 11.6 Å². The summed E-state index contributed by atoms with van der Waals surface area (Å²) in [6.07, 6.45) is 0. The van der Waals surface area contributed by atoms with Crippen molar-refractivity contribution >= 4 is 17.5 Å². The Bertz CT molecular complexity index is 1050. The maximum absolute atomic E-state index is 12.7. The highest BCUT2D eigenvalue weighted by Crippen LogP contribution is 2.19. The summed E-state index contributed by atoms with van der Waals surface area (Å²) in [7, 11) is 1.87. The molecule has 3 rings (SSSR count). The van der Waals surface area contributed by atoms with Gasteiger partial charge in [-0.2, -0.15) is 0 Å². The van der Waals surface area contributed by atoms with Gasteiger partial charge in [0.25, 0.3) is 5.56 Å². The average Bonchev–Trinajstić information content (AvgIpc) is 2.67. The molecule has 0 unspecified atom stereocenters. The Hall–Kier alpha value is -3.41. The molecule has 1 N–H and O–H groups in total. The second-order valence-electron chi connectivity index (χ2n) is 7.28. The van der Waals surface area contributed by atoms with Crippen molar-refractivity contribution in [2.75, 3.05) is 17.3 Å². The van der Waals surface area contributed by atoms with E-state index in [9.17, 15) is 9.59 Å². The first kappa shape index (κ1) is 20.3. The van der Waals surface area contributed by atoms with Crippen molar-refractivity contribution < 1.29 is 4.79 Å². The van der Waals surface area contributed by atoms with Crippen LogP contribution in [0.3, 0.4) is 0 Å². The van der Waals surface area contributed by atoms with Crippen molar-refractivity contribution in [2.45, 2.75) is 33.9 Å². The maximum atomic E-state index is 12.7. The van der Waals surface area contributed by atoms with Crippen LogP contribution in [0.5, 0.6) is 0 Å². The molecule has 0 spiro atoms. The lowest BCUT2D eigenvalue weighted by molar-refractivity contribution is -0.116. The molecule has 0 saturated carbocycles. The monoisotopic (exact) mass is 390 g/mol. The second kappa shape index (κ2) is 8.73. The molecule has 0 radical (unpaired) electrons. The van der Waals surface area contributed by atoms with E-state index in [1.807, 2.05) is 74.3 Å². The van der Waals surface area contributed by atoms with E-state index in [-0.39, 0.29) is 18.0 Å². The minimum Gasteiger partial charge on any atom is -0.341 e. The number of carbonyl (C=O) groups excluding carboxylic acids is 1. The van der Waals surface area contributed by atoms with Crippen LogP contribution >= 0.6 is 0 Å². The summed E-state index contributed by atoms with van der Waals surface area (Å²) >= 11 is 0. The molecule has 6 nitrogen and oxygen atoms in total. The largest absolute Gasteiger partial charge is 0.341 e. The summed E-state index contributed by atoms with van der Waals surface area (Å²) in [5.74, 6) is 0.208. The van der Waals surface area contributed by atoms with Gasteiger partial charge in [0.1, 0.15) is 6.54 Å². The van der Waals surface area contributed by atoms with Gasteiger partial charge in [-0.05, 0) is 37.5 Å². The van der Waals surface area contributed by atoms with Gasteiger partial charge in [-0.15, -0.1) is 0 Å². The number of hydrogen-bond donors (Lipinski definition) is 1. The number of anilines is 2. The zero-order chi connectivity index (χ0) is 21.0. The van der Waals surface area contributed by atoms with Crippen LogP contribution in [-0.4, -0.2) is 22.5 Å². The molecule has 0 aliphatic heterocycles. The summed E-state index contributed by atoms with van der Waals surface area (Å²) in [5.41, 5.74) is 4.21. The number of benzene rings is 2. The number of nitrogens with zero attached hydrogens (tertiary/aromatic N) is 3. The van der Waals surface area contributed by atoms with Crippen molar-refractivity contribution in [2.24, 2.45) is 0 Å². The summed E-state index contributed by atoms with van der Waals surface area (Å²) in [6, 6.07) is 17.2. The Morgan fingerprint density at radius 3 is 2.34 bits per heavy atom. The van der Waals surface area contributed by atoms with Crippen LogP contribution < -0.4 is 15.8 Å². The molecule has 1 amide bonds. The van der Waals surface area contributed by atoms with Gasteiger partial charge in [-0.1, -0.05) is 48.5 Å². The van der Waals surface area contributed by atoms with Gasteiger partial charge in [0.2, 0.25) is 11.9 Å². The average molecular weight is 390 g/mol. The molecule has 1 heterocycles. The number of aryl methyl sites for hydroxylation is 3. The number of carbonyl (C=O) groups is 1. The standard InChI is InChI=1S/C23H26N4O2/c1-16-9-8-10-17(2)22(16)25-20(28)15-27-21(29)13-18(3)24-23(27)26(4)14-19-11-6-5-7-12-19/h5-13H,14-15H2,1-4H3,(H,25,28). The van der Waals surface area contributed by atoms with E-state index in [2.05, 4.69) is 10.3 Å². The lowest BCUT2D eigenvalue weighted by Crippen LogP contribution is -2.34. The fourth-order valence-corrected chi connectivity index (χ4v) is 3.31. The highest BCUT2D eigenvalue weighted by Gasteiger charge is 2.16. The van der Waals surface area contributed by atoms with Crippen LogP contribution in [0, 0.1) is 20.8 Å². The molecule has 0 atom stereocenters. The Morgan fingerprint density at radius 1 is 1.03 bits per heavy atom. The third-order valence-corrected chi connectivity index (χ3v) is 4.77. The molecular formula is C23H26N4O2. The van der Waals surface area contributed by atoms with E-state index in [0.717, 1.165) is 22.4 Å². The van der Waals surface area contributed by atoms with Crippen LogP contribution in [0.2, 0.25) is 0 Å². The van der Waals surface area contributed by atoms with E-state index in [0.29, 0.717) is 18.2 Å². The fourth-order valence-electron chi connectivity index (χ4n) is 3.31. The third-order valence-electron chi connectivity index (χ3n) is 4.77. The lowest BCUT2D eigenvalue weighted by Gasteiger charge is -2.22. The lowest BCUT2D eigenvalue weighted by atomic mass is 10.1. The van der Waals surface area contributed by atoms with Gasteiger partial charge in [-0.25, -0.2) is 4.98 Å². The predicted octanol–water partition coefficient (Wildman–Crippen LogP) is 3.44. The van der Waals surface area contributed by atoms with Crippen LogP contribution in [0.1, 0.15) is 22.4 Å². The van der Waals surface area contributed by atoms with E-state index >= 15 is 0 Å². The molecule has 2 aromatic carbocycles. The highest BCUT2D eigenvalue weighted by atomic mass is 16.2.